The Balaban J connectivity index is 0. The van der Waals surface area contributed by atoms with E-state index in [9.17, 15) is 0 Å². The maximum absolute atomic E-state index is 3.95. The summed E-state index contributed by atoms with van der Waals surface area (Å²) in [5.41, 5.74) is 0. The summed E-state index contributed by atoms with van der Waals surface area (Å²) in [7, 11) is 4.93. The molecule has 32 heavy (non-hydrogen) atoms. The quantitative estimate of drug-likeness (QED) is 0.175. The first-order chi connectivity index (χ1) is 13.9. The molecule has 0 fully saturated rings. The Hall–Kier alpha value is 2.08. The predicted molar refractivity (Wildman–Crippen MR) is 166 cm³/mol. The molecule has 0 saturated carbocycles. The number of hydrogen-bond acceptors (Lipinski definition) is 4. The van der Waals surface area contributed by atoms with Crippen molar-refractivity contribution in [1.29, 1.82) is 0 Å². The maximum atomic E-state index is 3.95. The van der Waals surface area contributed by atoms with Crippen LogP contribution in [0.1, 0.15) is 13.8 Å². The first-order valence-corrected chi connectivity index (χ1v) is 33.7. The van der Waals surface area contributed by atoms with Crippen LogP contribution in [-0.4, -0.2) is 114 Å². The molecule has 0 aliphatic carbocycles. The van der Waals surface area contributed by atoms with Crippen LogP contribution in [0.3, 0.4) is 0 Å². The van der Waals surface area contributed by atoms with Crippen molar-refractivity contribution in [3.63, 3.8) is 0 Å². The molecule has 0 unspecified atom stereocenters. The van der Waals surface area contributed by atoms with E-state index in [0.717, 1.165) is 3.86 Å². The van der Waals surface area contributed by atoms with Gasteiger partial charge in [-0.3, -0.25) is 0 Å². The third-order valence-electron chi connectivity index (χ3n) is 5.94. The Bertz CT molecular complexity index is 512. The molecule has 0 bridgehead atoms. The zero-order valence-corrected chi connectivity index (χ0v) is 34.4. The molecular formula is C22H60N4Sb2Si4. The van der Waals surface area contributed by atoms with Gasteiger partial charge < -0.3 is 0 Å². The fraction of sp³-hybridized carbons (Fsp3) is 0.909. The molecule has 10 heteroatoms. The molecule has 0 aliphatic heterocycles. The van der Waals surface area contributed by atoms with Gasteiger partial charge in [-0.2, -0.15) is 0 Å². The third kappa shape index (κ3) is 12.9. The summed E-state index contributed by atoms with van der Waals surface area (Å²) >= 11 is -2.94. The van der Waals surface area contributed by atoms with E-state index in [0.29, 0.717) is 0 Å². The van der Waals surface area contributed by atoms with Crippen molar-refractivity contribution in [1.82, 2.24) is 10.9 Å². The molecule has 0 spiro atoms. The fourth-order valence-electron chi connectivity index (χ4n) is 2.76. The van der Waals surface area contributed by atoms with E-state index in [2.05, 4.69) is 144 Å². The number of hydrogen-bond donors (Lipinski definition) is 0. The number of allylic oxidation sites excluding steroid dienone is 1. The molecule has 0 radical (unpaired) electrons. The van der Waals surface area contributed by atoms with E-state index in [1.54, 1.807) is 0 Å². The number of nitrogens with zero attached hydrogens (tertiary/aromatic N) is 4. The molecule has 0 aromatic rings. The van der Waals surface area contributed by atoms with Crippen LogP contribution in [0, 0.1) is 0 Å². The molecule has 0 atom stereocenters. The molecule has 194 valence electrons. The minimum atomic E-state index is -1.49. The second kappa shape index (κ2) is 14.1. The topological polar surface area (TPSA) is 13.0 Å². The van der Waals surface area contributed by atoms with Gasteiger partial charge in [0, 0.05) is 0 Å². The van der Waals surface area contributed by atoms with Crippen LogP contribution in [0.15, 0.2) is 12.7 Å². The van der Waals surface area contributed by atoms with Gasteiger partial charge in [0.1, 0.15) is 0 Å². The summed E-state index contributed by atoms with van der Waals surface area (Å²) in [6.45, 7) is 38.4. The van der Waals surface area contributed by atoms with Crippen LogP contribution in [0.5, 0.6) is 0 Å². The van der Waals surface area contributed by atoms with E-state index in [1.807, 2.05) is 0 Å². The van der Waals surface area contributed by atoms with Gasteiger partial charge in [0.25, 0.3) is 0 Å². The van der Waals surface area contributed by atoms with Crippen LogP contribution in [0.4, 0.5) is 0 Å². The van der Waals surface area contributed by atoms with Gasteiger partial charge in [0.05, 0.1) is 0 Å². The van der Waals surface area contributed by atoms with E-state index in [4.69, 9.17) is 0 Å². The summed E-state index contributed by atoms with van der Waals surface area (Å²) in [6.07, 6.45) is 2.13. The van der Waals surface area contributed by atoms with Gasteiger partial charge in [-0.05, 0) is 0 Å². The van der Waals surface area contributed by atoms with Crippen molar-refractivity contribution in [2.75, 3.05) is 28.2 Å². The van der Waals surface area contributed by atoms with Crippen molar-refractivity contribution >= 4 is 74.5 Å². The van der Waals surface area contributed by atoms with Gasteiger partial charge in [-0.25, -0.2) is 0 Å². The monoisotopic (exact) mass is 734 g/mol. The predicted octanol–water partition coefficient (Wildman–Crippen LogP) is 6.61. The number of rotatable bonds is 11. The molecule has 0 aromatic carbocycles. The van der Waals surface area contributed by atoms with Gasteiger partial charge in [0.15, 0.2) is 0 Å². The zero-order valence-electron chi connectivity index (χ0n) is 25.3. The molecule has 0 amide bonds. The Labute approximate surface area is 224 Å². The third-order valence-corrected chi connectivity index (χ3v) is 51.9. The van der Waals surface area contributed by atoms with Crippen LogP contribution >= 0.6 is 0 Å². The van der Waals surface area contributed by atoms with E-state index in [1.165, 1.54) is 4.37 Å². The van der Waals surface area contributed by atoms with Gasteiger partial charge >= 0.3 is 227 Å². The second-order valence-corrected chi connectivity index (χ2v) is 52.4. The SMILES string of the molecule is C=C[CH2][Sb]([N](C)[Si](C)(C)C)[N](C)[Si](C)(C)C.C[CH](C)[Sb]([N](C)[Si](C)(C)C)[N](C)[Si](C)(C)C. The Morgan fingerprint density at radius 1 is 0.594 bits per heavy atom. The Morgan fingerprint density at radius 3 is 1.00 bits per heavy atom. The molecule has 0 saturated heterocycles. The van der Waals surface area contributed by atoms with E-state index < -0.39 is 74.5 Å². The van der Waals surface area contributed by atoms with Crippen LogP contribution in [-0.2, 0) is 0 Å². The molecule has 4 nitrogen and oxygen atoms in total. The summed E-state index contributed by atoms with van der Waals surface area (Å²) in [5, 5.41) is 0. The molecule has 0 heterocycles. The van der Waals surface area contributed by atoms with E-state index >= 15 is 0 Å². The summed E-state index contributed by atoms with van der Waals surface area (Å²) in [4.78, 5) is 0. The van der Waals surface area contributed by atoms with Gasteiger partial charge in [0.2, 0.25) is 0 Å². The standard InChI is InChI=1S/4C4H12NSi.C3H7.C3H5.2Sb/c4*1-5-6(2,3)4;2*1-3-2;;/h4*1-4H3;3H,1-2H3;3H,1-2H2;;/q4*-1;;;2*+2. The molecule has 0 aliphatic rings. The molecule has 0 aromatic heterocycles. The van der Waals surface area contributed by atoms with Crippen molar-refractivity contribution in [2.24, 2.45) is 0 Å². The zero-order chi connectivity index (χ0) is 26.5. The molecule has 0 rings (SSSR count). The first-order valence-electron chi connectivity index (χ1n) is 12.0. The summed E-state index contributed by atoms with van der Waals surface area (Å²) in [5.74, 6) is 0. The van der Waals surface area contributed by atoms with Crippen LogP contribution < -0.4 is 0 Å². The minimum absolute atomic E-state index is 0.872. The Morgan fingerprint density at radius 2 is 0.844 bits per heavy atom. The van der Waals surface area contributed by atoms with Gasteiger partial charge in [-0.1, -0.05) is 0 Å². The summed E-state index contributed by atoms with van der Waals surface area (Å²) in [6, 6.07) is 0. The van der Waals surface area contributed by atoms with Gasteiger partial charge in [-0.15, -0.1) is 0 Å². The fourth-order valence-corrected chi connectivity index (χ4v) is 45.1. The van der Waals surface area contributed by atoms with Crippen LogP contribution in [0.25, 0.3) is 0 Å². The first kappa shape index (κ1) is 36.2. The average Bonchev–Trinajstić information content (AvgIpc) is 2.55. The normalized spacial score (nSPS) is 14.3. The molecular weight excluding hydrogens is 676 g/mol. The van der Waals surface area contributed by atoms with Crippen molar-refractivity contribution < 1.29 is 0 Å². The van der Waals surface area contributed by atoms with Crippen molar-refractivity contribution in [3.05, 3.63) is 12.7 Å². The van der Waals surface area contributed by atoms with Crippen molar-refractivity contribution in [3.8, 4) is 0 Å². The molecule has 0 N–H and O–H groups in total. The summed E-state index contributed by atoms with van der Waals surface area (Å²) < 4.78 is 13.3. The van der Waals surface area contributed by atoms with Crippen LogP contribution in [0.2, 0.25) is 86.8 Å². The second-order valence-electron chi connectivity index (χ2n) is 13.0. The van der Waals surface area contributed by atoms with E-state index in [-0.39, 0.29) is 0 Å². The average molecular weight is 737 g/mol. The van der Waals surface area contributed by atoms with Crippen molar-refractivity contribution in [2.45, 2.75) is 101 Å². The Kier molecular flexibility index (Phi) is 16.0.